The van der Waals surface area contributed by atoms with Gasteiger partial charge in [0.15, 0.2) is 9.84 Å². The van der Waals surface area contributed by atoms with Crippen molar-refractivity contribution in [3.8, 4) is 11.8 Å². The van der Waals surface area contributed by atoms with E-state index in [0.29, 0.717) is 11.3 Å². The SMILES string of the molecule is N#Cc1cccc(S(=O)(=O)CCOc2ccccc2Br)c1. The molecule has 0 saturated heterocycles. The Labute approximate surface area is 132 Å². The zero-order chi connectivity index (χ0) is 15.3. The van der Waals surface area contributed by atoms with Crippen molar-refractivity contribution in [1.29, 1.82) is 5.26 Å². The van der Waals surface area contributed by atoms with E-state index < -0.39 is 9.84 Å². The summed E-state index contributed by atoms with van der Waals surface area (Å²) >= 11 is 3.33. The number of para-hydroxylation sites is 1. The first-order chi connectivity index (χ1) is 10.0. The van der Waals surface area contributed by atoms with E-state index in [1.54, 1.807) is 18.2 Å². The smallest absolute Gasteiger partial charge is 0.181 e. The molecule has 0 spiro atoms. The molecule has 108 valence electrons. The van der Waals surface area contributed by atoms with Crippen LogP contribution in [0.3, 0.4) is 0 Å². The van der Waals surface area contributed by atoms with Gasteiger partial charge >= 0.3 is 0 Å². The average Bonchev–Trinajstić information content (AvgIpc) is 2.49. The molecule has 6 heteroatoms. The highest BCUT2D eigenvalue weighted by atomic mass is 79.9. The standard InChI is InChI=1S/C15H12BrNO3S/c16-14-6-1-2-7-15(14)20-8-9-21(18,19)13-5-3-4-12(10-13)11-17/h1-7,10H,8-9H2. The van der Waals surface area contributed by atoms with Crippen LogP contribution in [0.2, 0.25) is 0 Å². The normalized spacial score (nSPS) is 10.9. The second-order valence-corrected chi connectivity index (χ2v) is 7.20. The number of ether oxygens (including phenoxy) is 1. The molecular weight excluding hydrogens is 354 g/mol. The van der Waals surface area contributed by atoms with Gasteiger partial charge in [-0.1, -0.05) is 18.2 Å². The lowest BCUT2D eigenvalue weighted by atomic mass is 10.2. The Bertz CT molecular complexity index is 782. The molecule has 0 saturated carbocycles. The summed E-state index contributed by atoms with van der Waals surface area (Å²) in [6.45, 7) is 0.0434. The minimum Gasteiger partial charge on any atom is -0.491 e. The van der Waals surface area contributed by atoms with Crippen molar-refractivity contribution >= 4 is 25.8 Å². The van der Waals surface area contributed by atoms with E-state index in [4.69, 9.17) is 10.00 Å². The predicted molar refractivity (Wildman–Crippen MR) is 82.8 cm³/mol. The Hall–Kier alpha value is -1.84. The summed E-state index contributed by atoms with van der Waals surface area (Å²) in [5, 5.41) is 8.81. The lowest BCUT2D eigenvalue weighted by molar-refractivity contribution is 0.339. The summed E-state index contributed by atoms with van der Waals surface area (Å²) in [5.74, 6) is 0.446. The first-order valence-corrected chi connectivity index (χ1v) is 8.58. The molecule has 0 aliphatic heterocycles. The third-order valence-electron chi connectivity index (χ3n) is 2.77. The Balaban J connectivity index is 2.05. The van der Waals surface area contributed by atoms with E-state index >= 15 is 0 Å². The van der Waals surface area contributed by atoms with E-state index in [1.165, 1.54) is 12.1 Å². The number of halogens is 1. The molecule has 0 unspecified atom stereocenters. The maximum atomic E-state index is 12.2. The van der Waals surface area contributed by atoms with Gasteiger partial charge in [0.25, 0.3) is 0 Å². The number of nitriles is 1. The Morgan fingerprint density at radius 2 is 1.90 bits per heavy atom. The van der Waals surface area contributed by atoms with E-state index in [-0.39, 0.29) is 17.3 Å². The number of nitrogens with zero attached hydrogens (tertiary/aromatic N) is 1. The van der Waals surface area contributed by atoms with Gasteiger partial charge in [-0.2, -0.15) is 5.26 Å². The van der Waals surface area contributed by atoms with E-state index in [0.717, 1.165) is 4.47 Å². The number of hydrogen-bond acceptors (Lipinski definition) is 4. The van der Waals surface area contributed by atoms with Gasteiger partial charge in [-0.3, -0.25) is 0 Å². The summed E-state index contributed by atoms with van der Waals surface area (Å²) in [6, 6.07) is 15.1. The van der Waals surface area contributed by atoms with Crippen molar-refractivity contribution in [2.24, 2.45) is 0 Å². The van der Waals surface area contributed by atoms with E-state index in [9.17, 15) is 8.42 Å². The van der Waals surface area contributed by atoms with Crippen LogP contribution in [-0.4, -0.2) is 20.8 Å². The second kappa shape index (κ2) is 6.74. The van der Waals surface area contributed by atoms with Crippen LogP contribution in [0, 0.1) is 11.3 Å². The molecule has 0 bridgehead atoms. The van der Waals surface area contributed by atoms with Gasteiger partial charge in [0.2, 0.25) is 0 Å². The molecule has 2 aromatic rings. The number of benzene rings is 2. The predicted octanol–water partition coefficient (Wildman–Crippen LogP) is 3.17. The van der Waals surface area contributed by atoms with Crippen molar-refractivity contribution in [1.82, 2.24) is 0 Å². The summed E-state index contributed by atoms with van der Waals surface area (Å²) in [5.41, 5.74) is 0.322. The van der Waals surface area contributed by atoms with Crippen molar-refractivity contribution in [2.45, 2.75) is 4.90 Å². The van der Waals surface area contributed by atoms with Gasteiger partial charge < -0.3 is 4.74 Å². The lowest BCUT2D eigenvalue weighted by Crippen LogP contribution is -2.14. The van der Waals surface area contributed by atoms with Crippen LogP contribution in [0.1, 0.15) is 5.56 Å². The monoisotopic (exact) mass is 365 g/mol. The second-order valence-electron chi connectivity index (χ2n) is 4.24. The minimum absolute atomic E-state index is 0.0434. The molecular formula is C15H12BrNO3S. The fourth-order valence-corrected chi connectivity index (χ4v) is 3.23. The van der Waals surface area contributed by atoms with Gasteiger partial charge in [0.05, 0.1) is 26.8 Å². The highest BCUT2D eigenvalue weighted by Gasteiger charge is 2.15. The van der Waals surface area contributed by atoms with Crippen LogP contribution >= 0.6 is 15.9 Å². The molecule has 0 atom stereocenters. The van der Waals surface area contributed by atoms with Crippen LogP contribution in [0.4, 0.5) is 0 Å². The van der Waals surface area contributed by atoms with Gasteiger partial charge in [0.1, 0.15) is 12.4 Å². The Morgan fingerprint density at radius 3 is 2.62 bits per heavy atom. The number of hydrogen-bond donors (Lipinski definition) is 0. The average molecular weight is 366 g/mol. The minimum atomic E-state index is -3.47. The molecule has 4 nitrogen and oxygen atoms in total. The van der Waals surface area contributed by atoms with Gasteiger partial charge in [-0.05, 0) is 46.3 Å². The van der Waals surface area contributed by atoms with Crippen LogP contribution < -0.4 is 4.74 Å². The maximum Gasteiger partial charge on any atom is 0.181 e. The molecule has 21 heavy (non-hydrogen) atoms. The van der Waals surface area contributed by atoms with Crippen molar-refractivity contribution < 1.29 is 13.2 Å². The van der Waals surface area contributed by atoms with Gasteiger partial charge in [-0.15, -0.1) is 0 Å². The van der Waals surface area contributed by atoms with Crippen molar-refractivity contribution in [3.05, 3.63) is 58.6 Å². The first-order valence-electron chi connectivity index (χ1n) is 6.13. The van der Waals surface area contributed by atoms with Crippen molar-refractivity contribution in [2.75, 3.05) is 12.4 Å². The molecule has 0 radical (unpaired) electrons. The number of rotatable bonds is 5. The molecule has 2 aromatic carbocycles. The number of sulfone groups is 1. The van der Waals surface area contributed by atoms with E-state index in [2.05, 4.69) is 15.9 Å². The third kappa shape index (κ3) is 4.06. The quantitative estimate of drug-likeness (QED) is 0.815. The molecule has 0 aromatic heterocycles. The Kier molecular flexibility index (Phi) is 4.99. The fraction of sp³-hybridized carbons (Fsp3) is 0.133. The zero-order valence-electron chi connectivity index (χ0n) is 11.0. The molecule has 2 rings (SSSR count). The fourth-order valence-electron chi connectivity index (χ4n) is 1.70. The molecule has 0 heterocycles. The summed E-state index contributed by atoms with van der Waals surface area (Å²) in [7, 11) is -3.47. The van der Waals surface area contributed by atoms with Gasteiger partial charge in [0, 0.05) is 0 Å². The zero-order valence-corrected chi connectivity index (χ0v) is 13.4. The van der Waals surface area contributed by atoms with Crippen LogP contribution in [-0.2, 0) is 9.84 Å². The van der Waals surface area contributed by atoms with Crippen LogP contribution in [0.25, 0.3) is 0 Å². The van der Waals surface area contributed by atoms with Crippen LogP contribution in [0.5, 0.6) is 5.75 Å². The van der Waals surface area contributed by atoms with E-state index in [1.807, 2.05) is 24.3 Å². The van der Waals surface area contributed by atoms with Gasteiger partial charge in [-0.25, -0.2) is 8.42 Å². The highest BCUT2D eigenvalue weighted by Crippen LogP contribution is 2.24. The lowest BCUT2D eigenvalue weighted by Gasteiger charge is -2.08. The molecule has 0 N–H and O–H groups in total. The summed E-state index contributed by atoms with van der Waals surface area (Å²) < 4.78 is 30.6. The molecule has 0 amide bonds. The molecule has 0 aliphatic carbocycles. The maximum absolute atomic E-state index is 12.2. The topological polar surface area (TPSA) is 67.2 Å². The summed E-state index contributed by atoms with van der Waals surface area (Å²) in [4.78, 5) is 0.136. The summed E-state index contributed by atoms with van der Waals surface area (Å²) in [6.07, 6.45) is 0. The van der Waals surface area contributed by atoms with Crippen molar-refractivity contribution in [3.63, 3.8) is 0 Å². The highest BCUT2D eigenvalue weighted by molar-refractivity contribution is 9.10. The van der Waals surface area contributed by atoms with Crippen LogP contribution in [0.15, 0.2) is 57.9 Å². The first kappa shape index (κ1) is 15.5. The largest absolute Gasteiger partial charge is 0.491 e. The third-order valence-corrected chi connectivity index (χ3v) is 5.10. The molecule has 0 fully saturated rings. The Morgan fingerprint density at radius 1 is 1.14 bits per heavy atom. The molecule has 0 aliphatic rings.